The second-order valence-corrected chi connectivity index (χ2v) is 6.01. The topological polar surface area (TPSA) is 32.5 Å². The molecule has 0 amide bonds. The summed E-state index contributed by atoms with van der Waals surface area (Å²) in [6, 6.07) is 8.64. The summed E-state index contributed by atoms with van der Waals surface area (Å²) in [6.45, 7) is 6.23. The fourth-order valence-corrected chi connectivity index (χ4v) is 2.99. The van der Waals surface area contributed by atoms with Gasteiger partial charge in [0, 0.05) is 18.6 Å². The molecule has 0 radical (unpaired) electrons. The van der Waals surface area contributed by atoms with Crippen molar-refractivity contribution in [2.75, 3.05) is 33.7 Å². The summed E-state index contributed by atoms with van der Waals surface area (Å²) >= 11 is 0. The molecule has 1 aliphatic heterocycles. The minimum Gasteiger partial charge on any atom is -0.329 e. The average Bonchev–Trinajstić information content (AvgIpc) is 2.42. The number of hydrogen-bond donors (Lipinski definition) is 1. The van der Waals surface area contributed by atoms with Crippen LogP contribution in [-0.4, -0.2) is 49.1 Å². The van der Waals surface area contributed by atoms with Crippen molar-refractivity contribution in [3.8, 4) is 0 Å². The molecule has 1 heterocycles. The zero-order chi connectivity index (χ0) is 13.9. The van der Waals surface area contributed by atoms with Gasteiger partial charge < -0.3 is 10.6 Å². The van der Waals surface area contributed by atoms with Crippen LogP contribution < -0.4 is 5.73 Å². The summed E-state index contributed by atoms with van der Waals surface area (Å²) in [6.07, 6.45) is 2.34. The van der Waals surface area contributed by atoms with Crippen molar-refractivity contribution >= 4 is 0 Å². The zero-order valence-electron chi connectivity index (χ0n) is 12.5. The van der Waals surface area contributed by atoms with Crippen LogP contribution in [0.2, 0.25) is 0 Å². The van der Waals surface area contributed by atoms with Crippen LogP contribution >= 0.6 is 0 Å². The summed E-state index contributed by atoms with van der Waals surface area (Å²) in [5.41, 5.74) is 9.08. The highest BCUT2D eigenvalue weighted by atomic mass is 15.2. The van der Waals surface area contributed by atoms with E-state index in [1.54, 1.807) is 0 Å². The van der Waals surface area contributed by atoms with Gasteiger partial charge in [0.2, 0.25) is 0 Å². The van der Waals surface area contributed by atoms with E-state index in [2.05, 4.69) is 55.1 Å². The number of hydrogen-bond acceptors (Lipinski definition) is 3. The van der Waals surface area contributed by atoms with Crippen molar-refractivity contribution in [3.63, 3.8) is 0 Å². The second kappa shape index (κ2) is 6.04. The smallest absolute Gasteiger partial charge is 0.0356 e. The Labute approximate surface area is 117 Å². The van der Waals surface area contributed by atoms with Crippen LogP contribution in [0.4, 0.5) is 0 Å². The van der Waals surface area contributed by atoms with Gasteiger partial charge in [0.1, 0.15) is 0 Å². The number of nitrogens with zero attached hydrogens (tertiary/aromatic N) is 2. The van der Waals surface area contributed by atoms with Gasteiger partial charge in [-0.2, -0.15) is 0 Å². The van der Waals surface area contributed by atoms with Gasteiger partial charge in [0.05, 0.1) is 0 Å². The molecule has 1 aliphatic rings. The summed E-state index contributed by atoms with van der Waals surface area (Å²) in [5, 5.41) is 0. The molecule has 3 heteroatoms. The molecule has 2 rings (SSSR count). The van der Waals surface area contributed by atoms with E-state index in [0.717, 1.165) is 26.2 Å². The normalized spacial score (nSPS) is 19.8. The predicted octanol–water partition coefficient (Wildman–Crippen LogP) is 1.85. The van der Waals surface area contributed by atoms with Crippen molar-refractivity contribution in [3.05, 3.63) is 35.4 Å². The molecule has 0 spiro atoms. The minimum absolute atomic E-state index is 0.175. The Hall–Kier alpha value is -0.900. The molecule has 1 fully saturated rings. The molecule has 0 unspecified atom stereocenters. The van der Waals surface area contributed by atoms with E-state index in [-0.39, 0.29) is 5.54 Å². The summed E-state index contributed by atoms with van der Waals surface area (Å²) < 4.78 is 0. The first-order valence-corrected chi connectivity index (χ1v) is 7.22. The van der Waals surface area contributed by atoms with E-state index in [1.165, 1.54) is 24.0 Å². The van der Waals surface area contributed by atoms with Crippen LogP contribution in [-0.2, 0) is 6.54 Å². The van der Waals surface area contributed by atoms with Crippen molar-refractivity contribution in [2.24, 2.45) is 5.73 Å². The van der Waals surface area contributed by atoms with Crippen LogP contribution in [0.15, 0.2) is 24.3 Å². The van der Waals surface area contributed by atoms with E-state index in [4.69, 9.17) is 5.73 Å². The molecule has 2 N–H and O–H groups in total. The van der Waals surface area contributed by atoms with Crippen LogP contribution in [0.5, 0.6) is 0 Å². The van der Waals surface area contributed by atoms with Crippen LogP contribution in [0.25, 0.3) is 0 Å². The highest BCUT2D eigenvalue weighted by Gasteiger charge is 2.36. The van der Waals surface area contributed by atoms with E-state index < -0.39 is 0 Å². The molecule has 3 nitrogen and oxygen atoms in total. The maximum atomic E-state index is 6.12. The molecular formula is C16H27N3. The first kappa shape index (κ1) is 14.5. The van der Waals surface area contributed by atoms with Gasteiger partial charge in [0.15, 0.2) is 0 Å². The third kappa shape index (κ3) is 3.16. The molecule has 0 aliphatic carbocycles. The standard InChI is InChI=1S/C16H27N3/c1-14-6-4-5-7-15(14)12-19(3)16(13-17)8-10-18(2)11-9-16/h4-7H,8-13,17H2,1-3H3. The number of likely N-dealkylation sites (tertiary alicyclic amines) is 1. The number of rotatable bonds is 4. The Morgan fingerprint density at radius 2 is 1.89 bits per heavy atom. The maximum absolute atomic E-state index is 6.12. The van der Waals surface area contributed by atoms with Gasteiger partial charge >= 0.3 is 0 Å². The molecule has 0 saturated carbocycles. The van der Waals surface area contributed by atoms with Gasteiger partial charge in [-0.1, -0.05) is 24.3 Å². The lowest BCUT2D eigenvalue weighted by Gasteiger charge is -2.46. The Bertz CT molecular complexity index is 408. The van der Waals surface area contributed by atoms with Crippen molar-refractivity contribution in [1.29, 1.82) is 0 Å². The third-order valence-corrected chi connectivity index (χ3v) is 4.78. The third-order valence-electron chi connectivity index (χ3n) is 4.78. The number of piperidine rings is 1. The minimum atomic E-state index is 0.175. The Kier molecular flexibility index (Phi) is 4.61. The molecular weight excluding hydrogens is 234 g/mol. The second-order valence-electron chi connectivity index (χ2n) is 6.01. The molecule has 1 aromatic rings. The van der Waals surface area contributed by atoms with Crippen molar-refractivity contribution < 1.29 is 0 Å². The maximum Gasteiger partial charge on any atom is 0.0356 e. The number of likely N-dealkylation sites (N-methyl/N-ethyl adjacent to an activating group) is 1. The lowest BCUT2D eigenvalue weighted by Crippen LogP contribution is -2.57. The zero-order valence-corrected chi connectivity index (χ0v) is 12.5. The number of nitrogens with two attached hydrogens (primary N) is 1. The van der Waals surface area contributed by atoms with Crippen LogP contribution in [0, 0.1) is 6.92 Å². The lowest BCUT2D eigenvalue weighted by atomic mass is 9.85. The highest BCUT2D eigenvalue weighted by Crippen LogP contribution is 2.28. The van der Waals surface area contributed by atoms with Gasteiger partial charge in [-0.25, -0.2) is 0 Å². The highest BCUT2D eigenvalue weighted by molar-refractivity contribution is 5.25. The van der Waals surface area contributed by atoms with E-state index in [9.17, 15) is 0 Å². The first-order chi connectivity index (χ1) is 9.07. The summed E-state index contributed by atoms with van der Waals surface area (Å²) in [4.78, 5) is 4.87. The SMILES string of the molecule is Cc1ccccc1CN(C)C1(CN)CCN(C)CC1. The van der Waals surface area contributed by atoms with E-state index >= 15 is 0 Å². The Morgan fingerprint density at radius 3 is 2.47 bits per heavy atom. The van der Waals surface area contributed by atoms with Gasteiger partial charge in [0.25, 0.3) is 0 Å². The molecule has 19 heavy (non-hydrogen) atoms. The molecule has 1 aromatic carbocycles. The molecule has 1 saturated heterocycles. The molecule has 106 valence electrons. The van der Waals surface area contributed by atoms with Crippen molar-refractivity contribution in [1.82, 2.24) is 9.80 Å². The Morgan fingerprint density at radius 1 is 1.26 bits per heavy atom. The largest absolute Gasteiger partial charge is 0.329 e. The number of benzene rings is 1. The molecule has 0 atom stereocenters. The van der Waals surface area contributed by atoms with Gasteiger partial charge in [-0.3, -0.25) is 4.90 Å². The average molecular weight is 261 g/mol. The lowest BCUT2D eigenvalue weighted by molar-refractivity contribution is 0.0484. The quantitative estimate of drug-likeness (QED) is 0.898. The molecule has 0 bridgehead atoms. The fourth-order valence-electron chi connectivity index (χ4n) is 2.99. The van der Waals surface area contributed by atoms with E-state index in [0.29, 0.717) is 0 Å². The molecule has 0 aromatic heterocycles. The van der Waals surface area contributed by atoms with Crippen LogP contribution in [0.1, 0.15) is 24.0 Å². The van der Waals surface area contributed by atoms with E-state index in [1.807, 2.05) is 0 Å². The Balaban J connectivity index is 2.09. The summed E-state index contributed by atoms with van der Waals surface area (Å²) in [7, 11) is 4.42. The van der Waals surface area contributed by atoms with Crippen molar-refractivity contribution in [2.45, 2.75) is 31.8 Å². The number of aryl methyl sites for hydroxylation is 1. The predicted molar refractivity (Wildman–Crippen MR) is 81.2 cm³/mol. The fraction of sp³-hybridized carbons (Fsp3) is 0.625. The summed E-state index contributed by atoms with van der Waals surface area (Å²) in [5.74, 6) is 0. The van der Waals surface area contributed by atoms with Gasteiger partial charge in [-0.05, 0) is 58.1 Å². The van der Waals surface area contributed by atoms with Crippen LogP contribution in [0.3, 0.4) is 0 Å². The van der Waals surface area contributed by atoms with Gasteiger partial charge in [-0.15, -0.1) is 0 Å². The first-order valence-electron chi connectivity index (χ1n) is 7.22. The monoisotopic (exact) mass is 261 g/mol.